The van der Waals surface area contributed by atoms with E-state index in [9.17, 15) is 0 Å². The highest BCUT2D eigenvalue weighted by Gasteiger charge is 2.10. The molecule has 17 heavy (non-hydrogen) atoms. The Kier molecular flexibility index (Phi) is 4.32. The summed E-state index contributed by atoms with van der Waals surface area (Å²) in [5.41, 5.74) is 0.984. The molecule has 0 aliphatic carbocycles. The largest absolute Gasteiger partial charge is 0.454 e. The van der Waals surface area contributed by atoms with Crippen molar-refractivity contribution in [3.63, 3.8) is 0 Å². The average molecular weight is 332 g/mol. The molecule has 0 saturated heterocycles. The van der Waals surface area contributed by atoms with Gasteiger partial charge in [-0.25, -0.2) is 0 Å². The number of hydrogen-bond acceptors (Lipinski definition) is 1. The van der Waals surface area contributed by atoms with Gasteiger partial charge in [-0.15, -0.1) is 0 Å². The highest BCUT2D eigenvalue weighted by atomic mass is 79.9. The van der Waals surface area contributed by atoms with E-state index >= 15 is 0 Å². The molecule has 0 aliphatic heterocycles. The second-order valence-electron chi connectivity index (χ2n) is 3.39. The van der Waals surface area contributed by atoms with E-state index in [2.05, 4.69) is 15.9 Å². The number of halogens is 3. The van der Waals surface area contributed by atoms with Gasteiger partial charge in [-0.3, -0.25) is 0 Å². The van der Waals surface area contributed by atoms with Crippen molar-refractivity contribution in [2.24, 2.45) is 0 Å². The third-order valence-electron chi connectivity index (χ3n) is 2.24. The molecule has 2 rings (SSSR count). The Morgan fingerprint density at radius 2 is 1.65 bits per heavy atom. The van der Waals surface area contributed by atoms with Crippen molar-refractivity contribution >= 4 is 39.1 Å². The third-order valence-corrected chi connectivity index (χ3v) is 3.46. The lowest BCUT2D eigenvalue weighted by Crippen LogP contribution is -1.91. The SMILES string of the molecule is Clc1ccccc1Oc1c(Cl)cccc1CBr. The molecule has 0 unspecified atom stereocenters. The summed E-state index contributed by atoms with van der Waals surface area (Å²) in [7, 11) is 0. The van der Waals surface area contributed by atoms with E-state index < -0.39 is 0 Å². The standard InChI is InChI=1S/C13H9BrCl2O/c14-8-9-4-3-6-11(16)13(9)17-12-7-2-1-5-10(12)15/h1-7H,8H2. The Hall–Kier alpha value is -0.700. The molecule has 0 radical (unpaired) electrons. The molecule has 4 heteroatoms. The van der Waals surface area contributed by atoms with E-state index in [-0.39, 0.29) is 0 Å². The van der Waals surface area contributed by atoms with Crippen LogP contribution in [0.1, 0.15) is 5.56 Å². The van der Waals surface area contributed by atoms with Crippen LogP contribution in [0.15, 0.2) is 42.5 Å². The molecule has 0 N–H and O–H groups in total. The van der Waals surface area contributed by atoms with Gasteiger partial charge in [0.15, 0.2) is 0 Å². The lowest BCUT2D eigenvalue weighted by molar-refractivity contribution is 0.479. The second kappa shape index (κ2) is 5.76. The van der Waals surface area contributed by atoms with Gasteiger partial charge in [-0.05, 0) is 18.2 Å². The van der Waals surface area contributed by atoms with Crippen LogP contribution in [-0.4, -0.2) is 0 Å². The number of benzene rings is 2. The third kappa shape index (κ3) is 2.95. The van der Waals surface area contributed by atoms with Crippen molar-refractivity contribution in [3.8, 4) is 11.5 Å². The highest BCUT2D eigenvalue weighted by Crippen LogP contribution is 2.36. The molecular weight excluding hydrogens is 323 g/mol. The van der Waals surface area contributed by atoms with Crippen LogP contribution >= 0.6 is 39.1 Å². The molecule has 2 aromatic rings. The summed E-state index contributed by atoms with van der Waals surface area (Å²) >= 11 is 15.6. The normalized spacial score (nSPS) is 10.3. The second-order valence-corrected chi connectivity index (χ2v) is 4.77. The van der Waals surface area contributed by atoms with E-state index in [1.54, 1.807) is 12.1 Å². The number of alkyl halides is 1. The Bertz CT molecular complexity index is 529. The van der Waals surface area contributed by atoms with Gasteiger partial charge >= 0.3 is 0 Å². The maximum absolute atomic E-state index is 6.12. The molecule has 0 aliphatic rings. The summed E-state index contributed by atoms with van der Waals surface area (Å²) in [5, 5.41) is 1.81. The highest BCUT2D eigenvalue weighted by molar-refractivity contribution is 9.08. The van der Waals surface area contributed by atoms with Gasteiger partial charge in [0.05, 0.1) is 10.0 Å². The molecule has 0 bridgehead atoms. The average Bonchev–Trinajstić information content (AvgIpc) is 2.34. The first-order valence-corrected chi connectivity index (χ1v) is 6.86. The zero-order valence-corrected chi connectivity index (χ0v) is 11.9. The fourth-order valence-corrected chi connectivity index (χ4v) is 2.26. The van der Waals surface area contributed by atoms with Crippen LogP contribution < -0.4 is 4.74 Å². The first kappa shape index (κ1) is 12.7. The molecule has 0 saturated carbocycles. The Labute approximate surface area is 118 Å². The summed E-state index contributed by atoms with van der Waals surface area (Å²) in [4.78, 5) is 0. The number of ether oxygens (including phenoxy) is 1. The van der Waals surface area contributed by atoms with Gasteiger partial charge in [-0.1, -0.05) is 63.4 Å². The van der Waals surface area contributed by atoms with E-state index in [0.717, 1.165) is 5.56 Å². The summed E-state index contributed by atoms with van der Waals surface area (Å²) in [6.45, 7) is 0. The Morgan fingerprint density at radius 1 is 0.941 bits per heavy atom. The fourth-order valence-electron chi connectivity index (χ4n) is 1.41. The fraction of sp³-hybridized carbons (Fsp3) is 0.0769. The predicted molar refractivity (Wildman–Crippen MR) is 75.6 cm³/mol. The van der Waals surface area contributed by atoms with Crippen molar-refractivity contribution in [2.75, 3.05) is 0 Å². The van der Waals surface area contributed by atoms with E-state index in [4.69, 9.17) is 27.9 Å². The molecule has 0 heterocycles. The monoisotopic (exact) mass is 330 g/mol. The molecule has 0 atom stereocenters. The van der Waals surface area contributed by atoms with Crippen molar-refractivity contribution in [1.82, 2.24) is 0 Å². The van der Waals surface area contributed by atoms with Gasteiger partial charge in [0.25, 0.3) is 0 Å². The summed E-state index contributed by atoms with van der Waals surface area (Å²) in [5.74, 6) is 1.24. The van der Waals surface area contributed by atoms with Gasteiger partial charge in [0.1, 0.15) is 11.5 Å². The van der Waals surface area contributed by atoms with Crippen molar-refractivity contribution in [3.05, 3.63) is 58.1 Å². The van der Waals surface area contributed by atoms with Crippen LogP contribution in [0.25, 0.3) is 0 Å². The lowest BCUT2D eigenvalue weighted by Gasteiger charge is -2.12. The van der Waals surface area contributed by atoms with Gasteiger partial charge in [0.2, 0.25) is 0 Å². The Balaban J connectivity index is 2.39. The van der Waals surface area contributed by atoms with Crippen LogP contribution in [0, 0.1) is 0 Å². The quantitative estimate of drug-likeness (QED) is 0.657. The summed E-state index contributed by atoms with van der Waals surface area (Å²) in [6, 6.07) is 12.9. The minimum Gasteiger partial charge on any atom is -0.454 e. The minimum atomic E-state index is 0.563. The molecule has 1 nitrogen and oxygen atoms in total. The molecule has 88 valence electrons. The molecule has 0 amide bonds. The van der Waals surface area contributed by atoms with Crippen LogP contribution in [0.5, 0.6) is 11.5 Å². The first-order valence-electron chi connectivity index (χ1n) is 4.98. The summed E-state index contributed by atoms with van der Waals surface area (Å²) in [6.07, 6.45) is 0. The minimum absolute atomic E-state index is 0.563. The number of rotatable bonds is 3. The Morgan fingerprint density at radius 3 is 2.35 bits per heavy atom. The topological polar surface area (TPSA) is 9.23 Å². The van der Waals surface area contributed by atoms with Crippen LogP contribution in [0.3, 0.4) is 0 Å². The van der Waals surface area contributed by atoms with E-state index in [1.165, 1.54) is 0 Å². The lowest BCUT2D eigenvalue weighted by atomic mass is 10.2. The van der Waals surface area contributed by atoms with Gasteiger partial charge in [0, 0.05) is 10.9 Å². The molecule has 0 fully saturated rings. The molecule has 2 aromatic carbocycles. The number of hydrogen-bond donors (Lipinski definition) is 0. The van der Waals surface area contributed by atoms with Crippen LogP contribution in [0.2, 0.25) is 10.0 Å². The zero-order valence-electron chi connectivity index (χ0n) is 8.79. The van der Waals surface area contributed by atoms with Crippen molar-refractivity contribution < 1.29 is 4.74 Å². The molecule has 0 spiro atoms. The van der Waals surface area contributed by atoms with Crippen LogP contribution in [0.4, 0.5) is 0 Å². The maximum Gasteiger partial charge on any atom is 0.150 e. The maximum atomic E-state index is 6.12. The van der Waals surface area contributed by atoms with E-state index in [1.807, 2.05) is 30.3 Å². The van der Waals surface area contributed by atoms with Gasteiger partial charge in [-0.2, -0.15) is 0 Å². The summed E-state index contributed by atoms with van der Waals surface area (Å²) < 4.78 is 5.77. The van der Waals surface area contributed by atoms with E-state index in [0.29, 0.717) is 26.9 Å². The smallest absolute Gasteiger partial charge is 0.150 e. The van der Waals surface area contributed by atoms with Crippen molar-refractivity contribution in [1.29, 1.82) is 0 Å². The van der Waals surface area contributed by atoms with Crippen LogP contribution in [-0.2, 0) is 5.33 Å². The molecular formula is C13H9BrCl2O. The van der Waals surface area contributed by atoms with Gasteiger partial charge < -0.3 is 4.74 Å². The van der Waals surface area contributed by atoms with Crippen molar-refractivity contribution in [2.45, 2.75) is 5.33 Å². The predicted octanol–water partition coefficient (Wildman–Crippen LogP) is 5.68. The number of para-hydroxylation sites is 2. The first-order chi connectivity index (χ1) is 8.22. The zero-order chi connectivity index (χ0) is 12.3. The molecule has 0 aromatic heterocycles.